The van der Waals surface area contributed by atoms with Crippen molar-refractivity contribution >= 4 is 33.5 Å². The van der Waals surface area contributed by atoms with Crippen LogP contribution < -0.4 is 5.73 Å². The van der Waals surface area contributed by atoms with Crippen molar-refractivity contribution in [2.45, 2.75) is 108 Å². The zero-order valence-corrected chi connectivity index (χ0v) is 23.9. The fourth-order valence-electron chi connectivity index (χ4n) is 5.12. The van der Waals surface area contributed by atoms with Crippen LogP contribution in [-0.2, 0) is 24.8 Å². The van der Waals surface area contributed by atoms with Gasteiger partial charge in [-0.05, 0) is 99.8 Å². The number of halogens is 1. The third kappa shape index (κ3) is 4.59. The number of sulfone groups is 1. The molecular weight excluding hydrogens is 501 g/mol. The van der Waals surface area contributed by atoms with Gasteiger partial charge in [-0.2, -0.15) is 4.90 Å². The molecule has 2 bridgehead atoms. The molecule has 1 fully saturated rings. The maximum atomic E-state index is 15.3. The Hall–Kier alpha value is -2.69. The third-order valence-corrected chi connectivity index (χ3v) is 10.6. The Morgan fingerprint density at radius 2 is 1.51 bits per heavy atom. The molecule has 2 aliphatic heterocycles. The summed E-state index contributed by atoms with van der Waals surface area (Å²) in [6.45, 7) is 14.2. The summed E-state index contributed by atoms with van der Waals surface area (Å²) in [5.74, 6) is -1.07. The largest absolute Gasteiger partial charge is 0.443 e. The van der Waals surface area contributed by atoms with Crippen LogP contribution in [0.15, 0.2) is 23.2 Å². The zero-order valence-electron chi connectivity index (χ0n) is 23.1. The first-order valence-electron chi connectivity index (χ1n) is 12.3. The van der Waals surface area contributed by atoms with Crippen molar-refractivity contribution in [2.24, 2.45) is 4.99 Å². The number of rotatable bonds is 1. The van der Waals surface area contributed by atoms with Gasteiger partial charge in [-0.1, -0.05) is 0 Å². The quantitative estimate of drug-likeness (QED) is 0.478. The van der Waals surface area contributed by atoms with E-state index in [-0.39, 0.29) is 29.9 Å². The number of anilines is 1. The van der Waals surface area contributed by atoms with Gasteiger partial charge in [0.2, 0.25) is 0 Å². The van der Waals surface area contributed by atoms with E-state index in [1.807, 2.05) is 0 Å². The number of fused-ring (bicyclic) bond motifs is 2. The summed E-state index contributed by atoms with van der Waals surface area (Å²) in [6.07, 6.45) is -1.54. The summed E-state index contributed by atoms with van der Waals surface area (Å²) >= 11 is 0. The molecule has 0 unspecified atom stereocenters. The molecule has 3 atom stereocenters. The van der Waals surface area contributed by atoms with Crippen LogP contribution in [0.4, 0.5) is 19.7 Å². The highest BCUT2D eigenvalue weighted by Gasteiger charge is 2.70. The van der Waals surface area contributed by atoms with E-state index in [0.717, 1.165) is 6.07 Å². The molecule has 11 heteroatoms. The molecular formula is C26H38FN3O6S. The summed E-state index contributed by atoms with van der Waals surface area (Å²) in [5.41, 5.74) is 2.37. The normalized spacial score (nSPS) is 29.2. The number of carbonyl (C=O) groups excluding carboxylic acids is 2. The van der Waals surface area contributed by atoms with Crippen LogP contribution in [0.1, 0.15) is 87.1 Å². The van der Waals surface area contributed by atoms with E-state index in [0.29, 0.717) is 11.3 Å². The van der Waals surface area contributed by atoms with Crippen LogP contribution in [0.25, 0.3) is 0 Å². The predicted octanol–water partition coefficient (Wildman–Crippen LogP) is 5.32. The van der Waals surface area contributed by atoms with Crippen LogP contribution in [0, 0.1) is 5.82 Å². The van der Waals surface area contributed by atoms with Gasteiger partial charge in [-0.3, -0.25) is 4.99 Å². The monoisotopic (exact) mass is 539 g/mol. The minimum absolute atomic E-state index is 0.0478. The molecule has 206 valence electrons. The van der Waals surface area contributed by atoms with Crippen molar-refractivity contribution < 1.29 is 31.9 Å². The van der Waals surface area contributed by atoms with Crippen molar-refractivity contribution in [3.05, 3.63) is 29.6 Å². The molecule has 0 radical (unpaired) electrons. The first-order valence-corrected chi connectivity index (χ1v) is 13.7. The van der Waals surface area contributed by atoms with Crippen molar-refractivity contribution in [1.82, 2.24) is 4.90 Å². The Bertz CT molecular complexity index is 1240. The Morgan fingerprint density at radius 3 is 2.00 bits per heavy atom. The lowest BCUT2D eigenvalue weighted by Gasteiger charge is -2.56. The van der Waals surface area contributed by atoms with E-state index in [1.54, 1.807) is 41.5 Å². The Morgan fingerprint density at radius 1 is 1.00 bits per heavy atom. The second-order valence-electron chi connectivity index (χ2n) is 12.4. The number of benzene rings is 1. The number of amidine groups is 1. The first-order chi connectivity index (χ1) is 16.6. The smallest absolute Gasteiger partial charge is 0.425 e. The number of ether oxygens (including phenoxy) is 2. The molecule has 9 nitrogen and oxygen atoms in total. The molecule has 0 aliphatic carbocycles. The minimum atomic E-state index is -4.19. The molecule has 1 aromatic rings. The average molecular weight is 540 g/mol. The average Bonchev–Trinajstić information content (AvgIpc) is 2.69. The van der Waals surface area contributed by atoms with Crippen molar-refractivity contribution in [2.75, 3.05) is 5.73 Å². The summed E-state index contributed by atoms with van der Waals surface area (Å²) < 4.78 is 51.8. The second-order valence-corrected chi connectivity index (χ2v) is 15.2. The Labute approximate surface area is 218 Å². The molecule has 0 aromatic heterocycles. The summed E-state index contributed by atoms with van der Waals surface area (Å²) in [6, 6.07) is 3.86. The lowest BCUT2D eigenvalue weighted by molar-refractivity contribution is 0.0135. The molecule has 1 saturated heterocycles. The van der Waals surface area contributed by atoms with E-state index in [4.69, 9.17) is 20.2 Å². The topological polar surface area (TPSA) is 128 Å². The summed E-state index contributed by atoms with van der Waals surface area (Å²) in [7, 11) is -4.19. The van der Waals surface area contributed by atoms with Crippen LogP contribution >= 0.6 is 0 Å². The highest BCUT2D eigenvalue weighted by Crippen LogP contribution is 2.57. The molecule has 2 aliphatic rings. The zero-order chi connectivity index (χ0) is 28.4. The number of nitrogens with zero attached hydrogens (tertiary/aromatic N) is 2. The van der Waals surface area contributed by atoms with Crippen LogP contribution in [-0.4, -0.2) is 52.0 Å². The van der Waals surface area contributed by atoms with E-state index >= 15 is 4.39 Å². The van der Waals surface area contributed by atoms with Crippen LogP contribution in [0.2, 0.25) is 0 Å². The summed E-state index contributed by atoms with van der Waals surface area (Å²) in [5, 5.41) is 0. The van der Waals surface area contributed by atoms with Gasteiger partial charge in [0.05, 0.1) is 4.75 Å². The molecule has 3 rings (SSSR count). The number of carbonyl (C=O) groups is 2. The predicted molar refractivity (Wildman–Crippen MR) is 139 cm³/mol. The molecule has 37 heavy (non-hydrogen) atoms. The van der Waals surface area contributed by atoms with Crippen molar-refractivity contribution in [3.8, 4) is 0 Å². The maximum absolute atomic E-state index is 15.3. The fourth-order valence-corrected chi connectivity index (χ4v) is 8.00. The first kappa shape index (κ1) is 28.9. The Balaban J connectivity index is 2.41. The SMILES string of the molecule is CC(C)(C)OC(=O)N(C(=O)OC(C)(C)C)C1=N[C@](C)(c2cc(N)ccc2F)[C@@]2(C)CCC[C@]1(C)S2(=O)=O. The summed E-state index contributed by atoms with van der Waals surface area (Å²) in [4.78, 5) is 32.3. The molecule has 0 saturated carbocycles. The Kier molecular flexibility index (Phi) is 6.77. The van der Waals surface area contributed by atoms with Gasteiger partial charge in [0.1, 0.15) is 33.1 Å². The van der Waals surface area contributed by atoms with Crippen LogP contribution in [0.3, 0.4) is 0 Å². The lowest BCUT2D eigenvalue weighted by Crippen LogP contribution is -2.71. The number of amides is 2. The van der Waals surface area contributed by atoms with Crippen molar-refractivity contribution in [1.29, 1.82) is 0 Å². The van der Waals surface area contributed by atoms with Crippen molar-refractivity contribution in [3.63, 3.8) is 0 Å². The number of aliphatic imine (C=N–C) groups is 1. The molecule has 1 aromatic carbocycles. The molecule has 2 heterocycles. The lowest BCUT2D eigenvalue weighted by atomic mass is 9.74. The van der Waals surface area contributed by atoms with Gasteiger partial charge in [-0.25, -0.2) is 22.4 Å². The number of hydrogen-bond acceptors (Lipinski definition) is 8. The molecule has 0 spiro atoms. The van der Waals surface area contributed by atoms with E-state index in [9.17, 15) is 18.0 Å². The van der Waals surface area contributed by atoms with Gasteiger partial charge in [0.25, 0.3) is 0 Å². The number of nitrogens with two attached hydrogens (primary N) is 1. The van der Waals surface area contributed by atoms with E-state index in [1.165, 1.54) is 32.9 Å². The number of nitrogen functional groups attached to an aromatic ring is 1. The minimum Gasteiger partial charge on any atom is -0.443 e. The van der Waals surface area contributed by atoms with E-state index in [2.05, 4.69) is 0 Å². The van der Waals surface area contributed by atoms with E-state index < -0.39 is 54.1 Å². The van der Waals surface area contributed by atoms with Gasteiger partial charge in [0, 0.05) is 11.3 Å². The van der Waals surface area contributed by atoms with Gasteiger partial charge in [0.15, 0.2) is 9.84 Å². The van der Waals surface area contributed by atoms with Gasteiger partial charge < -0.3 is 15.2 Å². The third-order valence-electron chi connectivity index (χ3n) is 7.21. The van der Waals surface area contributed by atoms with Gasteiger partial charge >= 0.3 is 12.2 Å². The highest BCUT2D eigenvalue weighted by molar-refractivity contribution is 7.95. The van der Waals surface area contributed by atoms with Crippen LogP contribution in [0.5, 0.6) is 0 Å². The molecule has 2 amide bonds. The molecule has 2 N–H and O–H groups in total. The second kappa shape index (κ2) is 8.68. The fraction of sp³-hybridized carbons (Fsp3) is 0.654. The maximum Gasteiger partial charge on any atom is 0.425 e. The standard InChI is InChI=1S/C26H38FN3O6S/c1-22(2,3)35-20(31)30(21(32)36-23(4,5)6)19-24(7)13-10-14-25(8,37(24,33)34)26(9,29-19)17-15-16(28)11-12-18(17)27/h11-12,15H,10,13-14,28H2,1-9H3/t24-,25+,26+/m0/s1. The van der Waals surface area contributed by atoms with Gasteiger partial charge in [-0.15, -0.1) is 0 Å². The number of imide groups is 1. The highest BCUT2D eigenvalue weighted by atomic mass is 32.2. The number of hydrogen-bond donors (Lipinski definition) is 1.